The fraction of sp³-hybridized carbons (Fsp3) is 0.500. The van der Waals surface area contributed by atoms with Gasteiger partial charge in [-0.2, -0.15) is 10.4 Å². The molecule has 0 bridgehead atoms. The number of nitrogens with one attached hydrogen (secondary N) is 1. The molecule has 29 heavy (non-hydrogen) atoms. The van der Waals surface area contributed by atoms with E-state index in [1.54, 1.807) is 19.2 Å². The molecule has 2 aromatic rings. The highest BCUT2D eigenvalue weighted by Gasteiger charge is 2.41. The number of anilines is 1. The first-order chi connectivity index (χ1) is 13.9. The first kappa shape index (κ1) is 21.1. The first-order valence-electron chi connectivity index (χ1n) is 9.57. The molecule has 0 saturated carbocycles. The van der Waals surface area contributed by atoms with Crippen LogP contribution in [0.1, 0.15) is 43.6 Å². The molecule has 0 spiro atoms. The number of likely N-dealkylation sites (tertiary alicyclic amines) is 1. The summed E-state index contributed by atoms with van der Waals surface area (Å²) in [5.41, 5.74) is 1.19. The Balaban J connectivity index is 1.81. The van der Waals surface area contributed by atoms with Crippen LogP contribution in [0.5, 0.6) is 0 Å². The van der Waals surface area contributed by atoms with Crippen LogP contribution in [-0.4, -0.2) is 52.4 Å². The van der Waals surface area contributed by atoms with E-state index in [1.807, 2.05) is 28.0 Å². The van der Waals surface area contributed by atoms with Crippen LogP contribution in [0.3, 0.4) is 0 Å². The van der Waals surface area contributed by atoms with Crippen LogP contribution >= 0.6 is 11.6 Å². The smallest absolute Gasteiger partial charge is 0.223 e. The molecule has 1 fully saturated rings. The molecule has 0 aliphatic carbocycles. The number of carbonyl (C=O) groups is 1. The van der Waals surface area contributed by atoms with Crippen LogP contribution in [0.4, 0.5) is 5.82 Å². The van der Waals surface area contributed by atoms with Crippen LogP contribution in [0.2, 0.25) is 5.02 Å². The lowest BCUT2D eigenvalue weighted by atomic mass is 9.95. The van der Waals surface area contributed by atoms with Gasteiger partial charge in [-0.3, -0.25) is 9.48 Å². The second kappa shape index (κ2) is 9.25. The number of hydrogen-bond donors (Lipinski definition) is 1. The lowest BCUT2D eigenvalue weighted by Gasteiger charge is -2.27. The Morgan fingerprint density at radius 1 is 1.45 bits per heavy atom. The van der Waals surface area contributed by atoms with E-state index >= 15 is 0 Å². The Morgan fingerprint density at radius 3 is 2.90 bits per heavy atom. The lowest BCUT2D eigenvalue weighted by Crippen LogP contribution is -2.33. The Hall–Kier alpha value is -2.63. The molecule has 0 unspecified atom stereocenters. The van der Waals surface area contributed by atoms with Gasteiger partial charge in [-0.05, 0) is 26.0 Å². The summed E-state index contributed by atoms with van der Waals surface area (Å²) < 4.78 is 7.10. The molecule has 1 amide bonds. The number of hydrogen-bond acceptors (Lipinski definition) is 6. The number of halogens is 1. The number of ether oxygens (including phenoxy) is 1. The van der Waals surface area contributed by atoms with Crippen molar-refractivity contribution in [1.82, 2.24) is 19.7 Å². The van der Waals surface area contributed by atoms with Crippen LogP contribution in [-0.2, 0) is 9.53 Å². The van der Waals surface area contributed by atoms with Gasteiger partial charge >= 0.3 is 0 Å². The zero-order chi connectivity index (χ0) is 21.0. The van der Waals surface area contributed by atoms with Gasteiger partial charge in [0.05, 0.1) is 23.9 Å². The topological polar surface area (TPSA) is 96.1 Å². The molecule has 1 aliphatic rings. The van der Waals surface area contributed by atoms with Crippen molar-refractivity contribution in [2.45, 2.75) is 32.4 Å². The van der Waals surface area contributed by atoms with E-state index in [4.69, 9.17) is 21.6 Å². The van der Waals surface area contributed by atoms with Gasteiger partial charge in [0.15, 0.2) is 5.69 Å². The molecule has 1 saturated heterocycles. The highest BCUT2D eigenvalue weighted by molar-refractivity contribution is 6.31. The van der Waals surface area contributed by atoms with Crippen molar-refractivity contribution in [1.29, 1.82) is 5.26 Å². The van der Waals surface area contributed by atoms with Crippen molar-refractivity contribution in [2.24, 2.45) is 5.92 Å². The molecule has 1 aliphatic heterocycles. The van der Waals surface area contributed by atoms with E-state index in [-0.39, 0.29) is 29.6 Å². The van der Waals surface area contributed by atoms with Gasteiger partial charge in [0.2, 0.25) is 5.91 Å². The van der Waals surface area contributed by atoms with Gasteiger partial charge in [-0.1, -0.05) is 11.6 Å². The third-order valence-corrected chi connectivity index (χ3v) is 5.37. The number of amides is 1. The molecule has 3 heterocycles. The number of pyridine rings is 1. The van der Waals surface area contributed by atoms with Crippen LogP contribution < -0.4 is 5.32 Å². The van der Waals surface area contributed by atoms with E-state index in [9.17, 15) is 4.79 Å². The van der Waals surface area contributed by atoms with Crippen molar-refractivity contribution < 1.29 is 9.53 Å². The second-order valence-corrected chi connectivity index (χ2v) is 7.76. The molecule has 2 atom stereocenters. The van der Waals surface area contributed by atoms with Crippen molar-refractivity contribution in [3.63, 3.8) is 0 Å². The Bertz CT molecular complexity index is 907. The Labute approximate surface area is 175 Å². The summed E-state index contributed by atoms with van der Waals surface area (Å²) in [4.78, 5) is 18.8. The first-order valence-corrected chi connectivity index (χ1v) is 9.95. The second-order valence-electron chi connectivity index (χ2n) is 7.36. The lowest BCUT2D eigenvalue weighted by molar-refractivity contribution is -0.129. The molecule has 0 aromatic carbocycles. The Morgan fingerprint density at radius 2 is 2.24 bits per heavy atom. The summed E-state index contributed by atoms with van der Waals surface area (Å²) in [5.74, 6) is 0.690. The molecule has 8 nitrogen and oxygen atoms in total. The van der Waals surface area contributed by atoms with E-state index in [0.717, 1.165) is 5.56 Å². The number of carbonyl (C=O) groups excluding carboxylic acids is 1. The van der Waals surface area contributed by atoms with Gasteiger partial charge in [0.25, 0.3) is 0 Å². The third kappa shape index (κ3) is 4.69. The van der Waals surface area contributed by atoms with Gasteiger partial charge < -0.3 is 15.0 Å². The average Bonchev–Trinajstić information content (AvgIpc) is 3.30. The van der Waals surface area contributed by atoms with Crippen molar-refractivity contribution >= 4 is 23.3 Å². The van der Waals surface area contributed by atoms with Crippen LogP contribution in [0, 0.1) is 17.2 Å². The predicted octanol–water partition coefficient (Wildman–Crippen LogP) is 3.03. The number of rotatable bonds is 8. The number of nitriles is 1. The van der Waals surface area contributed by atoms with Gasteiger partial charge in [0, 0.05) is 50.3 Å². The third-order valence-electron chi connectivity index (χ3n) is 5.07. The quantitative estimate of drug-likeness (QED) is 0.710. The summed E-state index contributed by atoms with van der Waals surface area (Å²) in [6.07, 6.45) is 4.27. The minimum absolute atomic E-state index is 0.0344. The fourth-order valence-corrected chi connectivity index (χ4v) is 3.74. The van der Waals surface area contributed by atoms with E-state index in [0.29, 0.717) is 37.0 Å². The zero-order valence-corrected chi connectivity index (χ0v) is 17.6. The SMILES string of the molecule is COCCN1C(=O)C[C@@H](CNc2ccc(Cl)c(C#N)n2)[C@@H]1c1cnn(C(C)C)c1. The standard InChI is InChI=1S/C20H25ClN6O2/c1-13(2)27-12-15(11-24-27)20-14(8-19(28)26(20)6-7-29-3)10-23-18-5-4-16(21)17(9-22)25-18/h4-5,11-14,20H,6-8,10H2,1-3H3,(H,23,25)/t14-,20+/m0/s1. The zero-order valence-electron chi connectivity index (χ0n) is 16.8. The minimum atomic E-state index is -0.0969. The van der Waals surface area contributed by atoms with Gasteiger partial charge in [0.1, 0.15) is 11.9 Å². The van der Waals surface area contributed by atoms with Crippen molar-refractivity contribution in [2.75, 3.05) is 32.1 Å². The summed E-state index contributed by atoms with van der Waals surface area (Å²) in [7, 11) is 1.63. The largest absolute Gasteiger partial charge is 0.383 e. The average molecular weight is 417 g/mol. The summed E-state index contributed by atoms with van der Waals surface area (Å²) in [6.45, 7) is 5.67. The van der Waals surface area contributed by atoms with Gasteiger partial charge in [-0.15, -0.1) is 0 Å². The summed E-state index contributed by atoms with van der Waals surface area (Å²) >= 11 is 5.96. The maximum atomic E-state index is 12.7. The van der Waals surface area contributed by atoms with Crippen molar-refractivity contribution in [3.8, 4) is 6.07 Å². The molecule has 1 N–H and O–H groups in total. The number of nitrogens with zero attached hydrogens (tertiary/aromatic N) is 5. The maximum absolute atomic E-state index is 12.7. The summed E-state index contributed by atoms with van der Waals surface area (Å²) in [6, 6.07) is 5.50. The molecule has 154 valence electrons. The predicted molar refractivity (Wildman–Crippen MR) is 110 cm³/mol. The van der Waals surface area contributed by atoms with E-state index in [2.05, 4.69) is 29.2 Å². The normalized spacial score (nSPS) is 19.0. The number of methoxy groups -OCH3 is 1. The monoisotopic (exact) mass is 416 g/mol. The molecular weight excluding hydrogens is 392 g/mol. The highest BCUT2D eigenvalue weighted by Crippen LogP contribution is 2.38. The maximum Gasteiger partial charge on any atom is 0.223 e. The number of aromatic nitrogens is 3. The molecule has 3 rings (SSSR count). The fourth-order valence-electron chi connectivity index (χ4n) is 3.59. The molecule has 9 heteroatoms. The van der Waals surface area contributed by atoms with Crippen LogP contribution in [0.15, 0.2) is 24.5 Å². The van der Waals surface area contributed by atoms with Crippen molar-refractivity contribution in [3.05, 3.63) is 40.8 Å². The van der Waals surface area contributed by atoms with Gasteiger partial charge in [-0.25, -0.2) is 4.98 Å². The van der Waals surface area contributed by atoms with E-state index < -0.39 is 0 Å². The molecule has 0 radical (unpaired) electrons. The molecular formula is C20H25ClN6O2. The van der Waals surface area contributed by atoms with E-state index in [1.165, 1.54) is 0 Å². The Kier molecular flexibility index (Phi) is 6.72. The molecule has 2 aromatic heterocycles. The summed E-state index contributed by atoms with van der Waals surface area (Å²) in [5, 5.41) is 17.1. The van der Waals surface area contributed by atoms with Crippen LogP contribution in [0.25, 0.3) is 0 Å². The highest BCUT2D eigenvalue weighted by atomic mass is 35.5. The minimum Gasteiger partial charge on any atom is -0.383 e.